The number of aromatic nitrogens is 2. The SMILES string of the molecule is Nc1ccccc1Oc1nc(Nc2ccc(N3CCS(=O)(=O)CC3)cc2)ncc1Cl. The first kappa shape index (κ1) is 20.2. The Labute approximate surface area is 179 Å². The van der Waals surface area contributed by atoms with Gasteiger partial charge in [-0.05, 0) is 36.4 Å². The summed E-state index contributed by atoms with van der Waals surface area (Å²) in [5.74, 6) is 1.33. The molecule has 0 amide bonds. The van der Waals surface area contributed by atoms with E-state index in [1.807, 2.05) is 30.3 Å². The molecule has 1 saturated heterocycles. The van der Waals surface area contributed by atoms with Crippen molar-refractivity contribution >= 4 is 44.4 Å². The van der Waals surface area contributed by atoms with Gasteiger partial charge in [0.15, 0.2) is 15.6 Å². The molecule has 1 fully saturated rings. The Morgan fingerprint density at radius 2 is 1.77 bits per heavy atom. The largest absolute Gasteiger partial charge is 0.435 e. The molecule has 30 heavy (non-hydrogen) atoms. The van der Waals surface area contributed by atoms with Crippen molar-refractivity contribution in [3.8, 4) is 11.6 Å². The van der Waals surface area contributed by atoms with E-state index in [2.05, 4.69) is 20.2 Å². The molecular formula is C20H20ClN5O3S. The summed E-state index contributed by atoms with van der Waals surface area (Å²) in [5.41, 5.74) is 8.12. The minimum Gasteiger partial charge on any atom is -0.435 e. The lowest BCUT2D eigenvalue weighted by molar-refractivity contribution is 0.465. The van der Waals surface area contributed by atoms with E-state index in [1.165, 1.54) is 6.20 Å². The van der Waals surface area contributed by atoms with Gasteiger partial charge in [-0.3, -0.25) is 0 Å². The van der Waals surface area contributed by atoms with Gasteiger partial charge in [-0.15, -0.1) is 0 Å². The Morgan fingerprint density at radius 3 is 2.47 bits per heavy atom. The minimum absolute atomic E-state index is 0.181. The highest BCUT2D eigenvalue weighted by Crippen LogP contribution is 2.31. The lowest BCUT2D eigenvalue weighted by Gasteiger charge is -2.28. The minimum atomic E-state index is -2.91. The molecule has 0 radical (unpaired) electrons. The van der Waals surface area contributed by atoms with Crippen LogP contribution in [-0.4, -0.2) is 43.0 Å². The molecule has 1 aliphatic heterocycles. The highest BCUT2D eigenvalue weighted by molar-refractivity contribution is 7.91. The zero-order valence-corrected chi connectivity index (χ0v) is 17.5. The number of hydrogen-bond donors (Lipinski definition) is 2. The summed E-state index contributed by atoms with van der Waals surface area (Å²) in [6.07, 6.45) is 1.45. The molecule has 0 saturated carbocycles. The quantitative estimate of drug-likeness (QED) is 0.574. The number of nitrogen functional groups attached to an aromatic ring is 1. The smallest absolute Gasteiger partial charge is 0.243 e. The normalized spacial score (nSPS) is 15.6. The van der Waals surface area contributed by atoms with Crippen LogP contribution in [-0.2, 0) is 9.84 Å². The molecule has 0 spiro atoms. The Balaban J connectivity index is 1.46. The van der Waals surface area contributed by atoms with Crippen LogP contribution in [0, 0.1) is 0 Å². The number of rotatable bonds is 5. The Hall–Kier alpha value is -3.04. The van der Waals surface area contributed by atoms with Crippen LogP contribution in [0.15, 0.2) is 54.7 Å². The summed E-state index contributed by atoms with van der Waals surface area (Å²) in [4.78, 5) is 10.6. The first-order valence-corrected chi connectivity index (χ1v) is 11.5. The van der Waals surface area contributed by atoms with Gasteiger partial charge in [-0.1, -0.05) is 23.7 Å². The molecule has 1 aromatic heterocycles. The molecular weight excluding hydrogens is 426 g/mol. The average Bonchev–Trinajstić information content (AvgIpc) is 2.73. The zero-order valence-electron chi connectivity index (χ0n) is 16.0. The third kappa shape index (κ3) is 4.74. The van der Waals surface area contributed by atoms with Crippen molar-refractivity contribution in [1.82, 2.24) is 9.97 Å². The summed E-state index contributed by atoms with van der Waals surface area (Å²) >= 11 is 6.16. The third-order valence-electron chi connectivity index (χ3n) is 4.67. The van der Waals surface area contributed by atoms with Crippen LogP contribution >= 0.6 is 11.6 Å². The van der Waals surface area contributed by atoms with Gasteiger partial charge < -0.3 is 20.7 Å². The van der Waals surface area contributed by atoms with Crippen molar-refractivity contribution in [3.63, 3.8) is 0 Å². The van der Waals surface area contributed by atoms with Crippen LogP contribution < -0.4 is 20.7 Å². The predicted molar refractivity (Wildman–Crippen MR) is 119 cm³/mol. The maximum absolute atomic E-state index is 11.6. The van der Waals surface area contributed by atoms with Crippen molar-refractivity contribution in [2.24, 2.45) is 0 Å². The highest BCUT2D eigenvalue weighted by Gasteiger charge is 2.21. The average molecular weight is 446 g/mol. The second-order valence-electron chi connectivity index (χ2n) is 6.80. The van der Waals surface area contributed by atoms with Gasteiger partial charge in [-0.25, -0.2) is 13.4 Å². The summed E-state index contributed by atoms with van der Waals surface area (Å²) < 4.78 is 28.9. The van der Waals surface area contributed by atoms with Crippen molar-refractivity contribution < 1.29 is 13.2 Å². The molecule has 0 unspecified atom stereocenters. The number of para-hydroxylation sites is 2. The molecule has 10 heteroatoms. The first-order chi connectivity index (χ1) is 14.4. The summed E-state index contributed by atoms with van der Waals surface area (Å²) in [7, 11) is -2.91. The second-order valence-corrected chi connectivity index (χ2v) is 9.51. The fraction of sp³-hybridized carbons (Fsp3) is 0.200. The van der Waals surface area contributed by atoms with Crippen molar-refractivity contribution in [1.29, 1.82) is 0 Å². The molecule has 0 atom stereocenters. The molecule has 2 heterocycles. The topological polar surface area (TPSA) is 110 Å². The number of nitrogens with one attached hydrogen (secondary N) is 1. The highest BCUT2D eigenvalue weighted by atomic mass is 35.5. The monoisotopic (exact) mass is 445 g/mol. The number of nitrogens with zero attached hydrogens (tertiary/aromatic N) is 3. The van der Waals surface area contributed by atoms with Gasteiger partial charge in [0.2, 0.25) is 11.8 Å². The third-order valence-corrected chi connectivity index (χ3v) is 6.54. The summed E-state index contributed by atoms with van der Waals surface area (Å²) in [6.45, 7) is 0.997. The van der Waals surface area contributed by atoms with Crippen molar-refractivity contribution in [3.05, 3.63) is 59.8 Å². The number of anilines is 4. The van der Waals surface area contributed by atoms with Crippen molar-refractivity contribution in [2.45, 2.75) is 0 Å². The molecule has 2 aromatic carbocycles. The molecule has 4 rings (SSSR count). The summed E-state index contributed by atoms with van der Waals surface area (Å²) in [6, 6.07) is 14.7. The molecule has 3 N–H and O–H groups in total. The van der Waals surface area contributed by atoms with Crippen LogP contribution in [0.1, 0.15) is 0 Å². The van der Waals surface area contributed by atoms with E-state index < -0.39 is 9.84 Å². The van der Waals surface area contributed by atoms with E-state index in [0.29, 0.717) is 30.5 Å². The standard InChI is InChI=1S/C20H20ClN5O3S/c21-16-13-23-20(25-19(16)29-18-4-2-1-3-17(18)22)24-14-5-7-15(8-6-14)26-9-11-30(27,28)12-10-26/h1-8,13H,9-12,22H2,(H,23,24,25). The molecule has 8 nitrogen and oxygen atoms in total. The Kier molecular flexibility index (Phi) is 5.65. The Morgan fingerprint density at radius 1 is 1.07 bits per heavy atom. The first-order valence-electron chi connectivity index (χ1n) is 9.27. The van der Waals surface area contributed by atoms with Crippen LogP contribution in [0.25, 0.3) is 0 Å². The van der Waals surface area contributed by atoms with Gasteiger partial charge in [0, 0.05) is 24.5 Å². The van der Waals surface area contributed by atoms with Crippen LogP contribution in [0.5, 0.6) is 11.6 Å². The number of hydrogen-bond acceptors (Lipinski definition) is 8. The number of ether oxygens (including phenoxy) is 1. The van der Waals surface area contributed by atoms with Crippen LogP contribution in [0.2, 0.25) is 5.02 Å². The second kappa shape index (κ2) is 8.37. The maximum Gasteiger partial charge on any atom is 0.243 e. The zero-order chi connectivity index (χ0) is 21.1. The van der Waals surface area contributed by atoms with Gasteiger partial charge >= 0.3 is 0 Å². The van der Waals surface area contributed by atoms with Crippen molar-refractivity contribution in [2.75, 3.05) is 40.5 Å². The molecule has 3 aromatic rings. The van der Waals surface area contributed by atoms with E-state index in [0.717, 1.165) is 11.4 Å². The van der Waals surface area contributed by atoms with Gasteiger partial charge in [0.25, 0.3) is 0 Å². The van der Waals surface area contributed by atoms with E-state index in [9.17, 15) is 8.42 Å². The number of benzene rings is 2. The lowest BCUT2D eigenvalue weighted by atomic mass is 10.2. The van der Waals surface area contributed by atoms with E-state index in [4.69, 9.17) is 22.1 Å². The van der Waals surface area contributed by atoms with Crippen LogP contribution in [0.3, 0.4) is 0 Å². The van der Waals surface area contributed by atoms with Gasteiger partial charge in [0.05, 0.1) is 23.4 Å². The number of nitrogens with two attached hydrogens (primary N) is 1. The van der Waals surface area contributed by atoms with E-state index in [-0.39, 0.29) is 22.4 Å². The fourth-order valence-electron chi connectivity index (χ4n) is 3.02. The Bertz CT molecular complexity index is 1140. The lowest BCUT2D eigenvalue weighted by Crippen LogP contribution is -2.40. The molecule has 0 aliphatic carbocycles. The van der Waals surface area contributed by atoms with Gasteiger partial charge in [0.1, 0.15) is 5.02 Å². The number of sulfone groups is 1. The number of halogens is 1. The molecule has 156 valence electrons. The fourth-order valence-corrected chi connectivity index (χ4v) is 4.35. The molecule has 0 bridgehead atoms. The molecule has 1 aliphatic rings. The van der Waals surface area contributed by atoms with Crippen LogP contribution in [0.4, 0.5) is 23.0 Å². The predicted octanol–water partition coefficient (Wildman–Crippen LogP) is 3.48. The van der Waals surface area contributed by atoms with Gasteiger partial charge in [-0.2, -0.15) is 4.98 Å². The maximum atomic E-state index is 11.6. The van der Waals surface area contributed by atoms with E-state index >= 15 is 0 Å². The summed E-state index contributed by atoms with van der Waals surface area (Å²) in [5, 5.41) is 3.37. The van der Waals surface area contributed by atoms with E-state index in [1.54, 1.807) is 18.2 Å².